The first-order chi connectivity index (χ1) is 12.2. The van der Waals surface area contributed by atoms with Gasteiger partial charge in [0, 0.05) is 31.7 Å². The third-order valence-corrected chi connectivity index (χ3v) is 4.72. The maximum atomic E-state index is 12.6. The number of hydrogen-bond donors (Lipinski definition) is 0. The minimum Gasteiger partial charge on any atom is -0.473 e. The fourth-order valence-electron chi connectivity index (χ4n) is 3.48. The van der Waals surface area contributed by atoms with Crippen molar-refractivity contribution in [3.63, 3.8) is 0 Å². The third kappa shape index (κ3) is 3.09. The van der Waals surface area contributed by atoms with Gasteiger partial charge in [-0.2, -0.15) is 0 Å². The van der Waals surface area contributed by atoms with Gasteiger partial charge in [-0.05, 0) is 0 Å². The highest BCUT2D eigenvalue weighted by Gasteiger charge is 2.50. The van der Waals surface area contributed by atoms with E-state index < -0.39 is 0 Å². The molecule has 1 amide bonds. The summed E-state index contributed by atoms with van der Waals surface area (Å²) >= 11 is 0. The first-order valence-corrected chi connectivity index (χ1v) is 8.48. The standard InChI is InChI=1S/C17H20N4O4/c1-2-14-13(8-20-25-14)16(22)21-10-17(11-21)7-12(3-6-23-17)24-15-9-18-4-5-19-15/h4-5,8-9,12H,2-3,6-7,10-11H2,1H3. The number of amides is 1. The van der Waals surface area contributed by atoms with E-state index in [-0.39, 0.29) is 17.6 Å². The Balaban J connectivity index is 1.37. The minimum absolute atomic E-state index is 0.0181. The van der Waals surface area contributed by atoms with Gasteiger partial charge < -0.3 is 18.9 Å². The zero-order valence-electron chi connectivity index (χ0n) is 14.1. The highest BCUT2D eigenvalue weighted by Crippen LogP contribution is 2.36. The molecule has 2 saturated heterocycles. The molecule has 132 valence electrons. The maximum absolute atomic E-state index is 12.6. The molecule has 2 fully saturated rings. The molecule has 0 saturated carbocycles. The molecule has 0 radical (unpaired) electrons. The number of rotatable bonds is 4. The molecule has 4 heterocycles. The van der Waals surface area contributed by atoms with E-state index in [2.05, 4.69) is 15.1 Å². The van der Waals surface area contributed by atoms with E-state index in [0.717, 1.165) is 12.8 Å². The van der Waals surface area contributed by atoms with Crippen LogP contribution in [0.2, 0.25) is 0 Å². The van der Waals surface area contributed by atoms with Crippen molar-refractivity contribution >= 4 is 5.91 Å². The molecule has 25 heavy (non-hydrogen) atoms. The lowest BCUT2D eigenvalue weighted by Gasteiger charge is -2.52. The molecule has 1 spiro atoms. The van der Waals surface area contributed by atoms with Gasteiger partial charge >= 0.3 is 0 Å². The van der Waals surface area contributed by atoms with Crippen molar-refractivity contribution in [3.05, 3.63) is 36.1 Å². The molecule has 1 unspecified atom stereocenters. The number of aromatic nitrogens is 3. The Morgan fingerprint density at radius 1 is 1.40 bits per heavy atom. The van der Waals surface area contributed by atoms with Crippen molar-refractivity contribution in [2.24, 2.45) is 0 Å². The van der Waals surface area contributed by atoms with Gasteiger partial charge in [-0.25, -0.2) is 4.98 Å². The molecule has 0 aliphatic carbocycles. The summed E-state index contributed by atoms with van der Waals surface area (Å²) in [5.41, 5.74) is 0.213. The van der Waals surface area contributed by atoms with Crippen LogP contribution in [-0.2, 0) is 11.2 Å². The van der Waals surface area contributed by atoms with Gasteiger partial charge in [0.2, 0.25) is 5.88 Å². The van der Waals surface area contributed by atoms with Crippen molar-refractivity contribution in [1.82, 2.24) is 20.0 Å². The van der Waals surface area contributed by atoms with Crippen LogP contribution in [0.5, 0.6) is 5.88 Å². The predicted octanol–water partition coefficient (Wildman–Crippen LogP) is 1.48. The average Bonchev–Trinajstić information content (AvgIpc) is 3.09. The number of aryl methyl sites for hydroxylation is 1. The molecule has 8 nitrogen and oxygen atoms in total. The summed E-state index contributed by atoms with van der Waals surface area (Å²) in [6.45, 7) is 3.66. The summed E-state index contributed by atoms with van der Waals surface area (Å²) in [6.07, 6.45) is 8.52. The van der Waals surface area contributed by atoms with Gasteiger partial charge in [-0.1, -0.05) is 12.1 Å². The summed E-state index contributed by atoms with van der Waals surface area (Å²) in [5, 5.41) is 3.73. The summed E-state index contributed by atoms with van der Waals surface area (Å²) in [4.78, 5) is 22.5. The van der Waals surface area contributed by atoms with Crippen LogP contribution in [0.15, 0.2) is 29.3 Å². The molecule has 0 aromatic carbocycles. The van der Waals surface area contributed by atoms with Crippen LogP contribution in [0, 0.1) is 0 Å². The minimum atomic E-state index is -0.329. The van der Waals surface area contributed by atoms with Crippen LogP contribution >= 0.6 is 0 Å². The predicted molar refractivity (Wildman–Crippen MR) is 86.1 cm³/mol. The third-order valence-electron chi connectivity index (χ3n) is 4.72. The summed E-state index contributed by atoms with van der Waals surface area (Å²) < 4.78 is 17.0. The van der Waals surface area contributed by atoms with Gasteiger partial charge in [0.15, 0.2) is 0 Å². The molecule has 2 aromatic rings. The SMILES string of the molecule is CCc1oncc1C(=O)N1CC2(CC(Oc3cnccn3)CCO2)C1. The molecular weight excluding hydrogens is 324 g/mol. The summed E-state index contributed by atoms with van der Waals surface area (Å²) in [6, 6.07) is 0. The number of hydrogen-bond acceptors (Lipinski definition) is 7. The Labute approximate surface area is 145 Å². The topological polar surface area (TPSA) is 90.6 Å². The van der Waals surface area contributed by atoms with Gasteiger partial charge in [0.1, 0.15) is 23.0 Å². The lowest BCUT2D eigenvalue weighted by Crippen LogP contribution is -2.67. The Hall–Kier alpha value is -2.48. The fraction of sp³-hybridized carbons (Fsp3) is 0.529. The smallest absolute Gasteiger partial charge is 0.259 e. The Kier molecular flexibility index (Phi) is 4.12. The van der Waals surface area contributed by atoms with Gasteiger partial charge in [-0.15, -0.1) is 0 Å². The second-order valence-electron chi connectivity index (χ2n) is 6.49. The van der Waals surface area contributed by atoms with Crippen LogP contribution in [0.1, 0.15) is 35.9 Å². The highest BCUT2D eigenvalue weighted by molar-refractivity contribution is 5.95. The van der Waals surface area contributed by atoms with Gasteiger partial charge in [0.25, 0.3) is 5.91 Å². The molecule has 4 rings (SSSR count). The number of nitrogens with zero attached hydrogens (tertiary/aromatic N) is 4. The van der Waals surface area contributed by atoms with Crippen LogP contribution in [-0.4, -0.2) is 57.3 Å². The molecule has 0 bridgehead atoms. The van der Waals surface area contributed by atoms with Crippen LogP contribution in [0.3, 0.4) is 0 Å². The molecule has 8 heteroatoms. The van der Waals surface area contributed by atoms with E-state index in [1.165, 1.54) is 6.20 Å². The van der Waals surface area contributed by atoms with E-state index in [4.69, 9.17) is 14.0 Å². The zero-order valence-corrected chi connectivity index (χ0v) is 14.1. The first kappa shape index (κ1) is 16.0. The van der Waals surface area contributed by atoms with E-state index in [0.29, 0.717) is 43.3 Å². The van der Waals surface area contributed by atoms with Crippen molar-refractivity contribution in [1.29, 1.82) is 0 Å². The van der Waals surface area contributed by atoms with E-state index in [1.54, 1.807) is 23.5 Å². The van der Waals surface area contributed by atoms with Crippen LogP contribution in [0.4, 0.5) is 0 Å². The Morgan fingerprint density at radius 3 is 3.04 bits per heavy atom. The Bertz CT molecular complexity index is 742. The van der Waals surface area contributed by atoms with E-state index >= 15 is 0 Å². The number of likely N-dealkylation sites (tertiary alicyclic amines) is 1. The largest absolute Gasteiger partial charge is 0.473 e. The van der Waals surface area contributed by atoms with E-state index in [9.17, 15) is 4.79 Å². The Morgan fingerprint density at radius 2 is 2.28 bits per heavy atom. The summed E-state index contributed by atoms with van der Waals surface area (Å²) in [7, 11) is 0. The van der Waals surface area contributed by atoms with Crippen molar-refractivity contribution in [3.8, 4) is 5.88 Å². The monoisotopic (exact) mass is 344 g/mol. The lowest BCUT2D eigenvalue weighted by molar-refractivity contribution is -0.174. The first-order valence-electron chi connectivity index (χ1n) is 8.48. The second kappa shape index (κ2) is 6.44. The maximum Gasteiger partial charge on any atom is 0.259 e. The van der Waals surface area contributed by atoms with E-state index in [1.807, 2.05) is 6.92 Å². The molecule has 1 atom stereocenters. The molecule has 2 aliphatic heterocycles. The van der Waals surface area contributed by atoms with Gasteiger partial charge in [-0.3, -0.25) is 9.78 Å². The van der Waals surface area contributed by atoms with Crippen LogP contribution in [0.25, 0.3) is 0 Å². The molecular formula is C17H20N4O4. The fourth-order valence-corrected chi connectivity index (χ4v) is 3.48. The van der Waals surface area contributed by atoms with Crippen molar-refractivity contribution in [2.75, 3.05) is 19.7 Å². The number of carbonyl (C=O) groups excluding carboxylic acids is 1. The van der Waals surface area contributed by atoms with Crippen molar-refractivity contribution < 1.29 is 18.8 Å². The summed E-state index contributed by atoms with van der Waals surface area (Å²) in [5.74, 6) is 1.09. The number of ether oxygens (including phenoxy) is 2. The average molecular weight is 344 g/mol. The zero-order chi connectivity index (χ0) is 17.3. The molecule has 2 aliphatic rings. The molecule has 0 N–H and O–H groups in total. The normalized spacial score (nSPS) is 21.8. The highest BCUT2D eigenvalue weighted by atomic mass is 16.5. The quantitative estimate of drug-likeness (QED) is 0.829. The second-order valence-corrected chi connectivity index (χ2v) is 6.49. The van der Waals surface area contributed by atoms with Crippen molar-refractivity contribution in [2.45, 2.75) is 37.9 Å². The lowest BCUT2D eigenvalue weighted by atomic mass is 9.84. The number of carbonyl (C=O) groups is 1. The molecule has 2 aromatic heterocycles. The van der Waals surface area contributed by atoms with Gasteiger partial charge in [0.05, 0.1) is 32.1 Å². The van der Waals surface area contributed by atoms with Crippen LogP contribution < -0.4 is 4.74 Å².